The highest BCUT2D eigenvalue weighted by Crippen LogP contribution is 2.28. The lowest BCUT2D eigenvalue weighted by molar-refractivity contribution is 0.415. The molecule has 0 saturated carbocycles. The van der Waals surface area contributed by atoms with Crippen molar-refractivity contribution in [2.45, 2.75) is 6.54 Å². The van der Waals surface area contributed by atoms with Gasteiger partial charge in [-0.05, 0) is 23.6 Å². The third-order valence-electron chi connectivity index (χ3n) is 2.38. The summed E-state index contributed by atoms with van der Waals surface area (Å²) in [6, 6.07) is 7.49. The summed E-state index contributed by atoms with van der Waals surface area (Å²) in [6.07, 6.45) is 0. The SMILES string of the molecule is COc1cc(NCc2sccc2N)ccc1Cl. The molecule has 1 aromatic carbocycles. The molecule has 0 fully saturated rings. The minimum Gasteiger partial charge on any atom is -0.495 e. The molecule has 5 heteroatoms. The number of methoxy groups -OCH3 is 1. The first-order chi connectivity index (χ1) is 8.20. The Morgan fingerprint density at radius 1 is 1.41 bits per heavy atom. The van der Waals surface area contributed by atoms with Gasteiger partial charge in [-0.3, -0.25) is 0 Å². The molecule has 0 saturated heterocycles. The van der Waals surface area contributed by atoms with Crippen LogP contribution >= 0.6 is 22.9 Å². The predicted molar refractivity (Wildman–Crippen MR) is 74.1 cm³/mol. The van der Waals surface area contributed by atoms with E-state index in [1.54, 1.807) is 24.5 Å². The maximum absolute atomic E-state index is 5.95. The number of nitrogens with two attached hydrogens (primary N) is 1. The fourth-order valence-corrected chi connectivity index (χ4v) is 2.38. The summed E-state index contributed by atoms with van der Waals surface area (Å²) in [6.45, 7) is 0.703. The van der Waals surface area contributed by atoms with E-state index in [1.807, 2.05) is 23.6 Å². The number of halogens is 1. The quantitative estimate of drug-likeness (QED) is 0.891. The van der Waals surface area contributed by atoms with Crippen molar-refractivity contribution in [1.82, 2.24) is 0 Å². The Morgan fingerprint density at radius 3 is 2.88 bits per heavy atom. The van der Waals surface area contributed by atoms with E-state index in [1.165, 1.54) is 0 Å². The molecule has 0 spiro atoms. The molecule has 2 aromatic rings. The summed E-state index contributed by atoms with van der Waals surface area (Å²) in [7, 11) is 1.60. The molecule has 17 heavy (non-hydrogen) atoms. The van der Waals surface area contributed by atoms with Crippen LogP contribution in [0.1, 0.15) is 4.88 Å². The van der Waals surface area contributed by atoms with Crippen LogP contribution in [0.25, 0.3) is 0 Å². The van der Waals surface area contributed by atoms with E-state index < -0.39 is 0 Å². The van der Waals surface area contributed by atoms with E-state index in [0.29, 0.717) is 17.3 Å². The van der Waals surface area contributed by atoms with Crippen molar-refractivity contribution in [3.8, 4) is 5.75 Å². The highest BCUT2D eigenvalue weighted by atomic mass is 35.5. The van der Waals surface area contributed by atoms with Crippen LogP contribution in [0, 0.1) is 0 Å². The van der Waals surface area contributed by atoms with Gasteiger partial charge in [0.25, 0.3) is 0 Å². The maximum atomic E-state index is 5.95. The molecule has 2 rings (SSSR count). The summed E-state index contributed by atoms with van der Waals surface area (Å²) < 4.78 is 5.15. The van der Waals surface area contributed by atoms with Crippen LogP contribution in [-0.2, 0) is 6.54 Å². The Morgan fingerprint density at radius 2 is 2.24 bits per heavy atom. The van der Waals surface area contributed by atoms with Crippen LogP contribution in [0.4, 0.5) is 11.4 Å². The first kappa shape index (κ1) is 12.1. The van der Waals surface area contributed by atoms with Gasteiger partial charge in [0.05, 0.1) is 18.7 Å². The van der Waals surface area contributed by atoms with Gasteiger partial charge in [0.15, 0.2) is 0 Å². The van der Waals surface area contributed by atoms with Crippen molar-refractivity contribution >= 4 is 34.3 Å². The second-order valence-electron chi connectivity index (χ2n) is 3.50. The second kappa shape index (κ2) is 5.29. The van der Waals surface area contributed by atoms with Crippen molar-refractivity contribution in [3.63, 3.8) is 0 Å². The fourth-order valence-electron chi connectivity index (χ4n) is 1.45. The number of rotatable bonds is 4. The van der Waals surface area contributed by atoms with E-state index in [2.05, 4.69) is 5.32 Å². The molecule has 0 aliphatic heterocycles. The average Bonchev–Trinajstić information content (AvgIpc) is 2.74. The zero-order valence-corrected chi connectivity index (χ0v) is 10.9. The summed E-state index contributed by atoms with van der Waals surface area (Å²) in [5.74, 6) is 0.663. The molecule has 0 aliphatic carbocycles. The van der Waals surface area contributed by atoms with E-state index >= 15 is 0 Å². The van der Waals surface area contributed by atoms with Gasteiger partial charge < -0.3 is 15.8 Å². The molecule has 1 aromatic heterocycles. The topological polar surface area (TPSA) is 47.3 Å². The third kappa shape index (κ3) is 2.84. The maximum Gasteiger partial charge on any atom is 0.139 e. The van der Waals surface area contributed by atoms with Crippen molar-refractivity contribution in [1.29, 1.82) is 0 Å². The van der Waals surface area contributed by atoms with Crippen molar-refractivity contribution < 1.29 is 4.74 Å². The molecule has 1 heterocycles. The van der Waals surface area contributed by atoms with Crippen LogP contribution in [0.2, 0.25) is 5.02 Å². The van der Waals surface area contributed by atoms with Gasteiger partial charge in [0.1, 0.15) is 5.75 Å². The number of ether oxygens (including phenoxy) is 1. The van der Waals surface area contributed by atoms with E-state index in [0.717, 1.165) is 16.3 Å². The zero-order chi connectivity index (χ0) is 12.3. The molecule has 0 aliphatic rings. The highest BCUT2D eigenvalue weighted by molar-refractivity contribution is 7.10. The van der Waals surface area contributed by atoms with Gasteiger partial charge >= 0.3 is 0 Å². The van der Waals surface area contributed by atoms with E-state index in [9.17, 15) is 0 Å². The average molecular weight is 269 g/mol. The minimum atomic E-state index is 0.605. The molecule has 0 unspecified atom stereocenters. The predicted octanol–water partition coefficient (Wildman–Crippen LogP) is 3.60. The smallest absolute Gasteiger partial charge is 0.139 e. The number of anilines is 2. The first-order valence-electron chi connectivity index (χ1n) is 5.10. The molecule has 3 N–H and O–H groups in total. The number of hydrogen-bond acceptors (Lipinski definition) is 4. The molecule has 0 atom stereocenters. The highest BCUT2D eigenvalue weighted by Gasteiger charge is 2.03. The second-order valence-corrected chi connectivity index (χ2v) is 4.91. The van der Waals surface area contributed by atoms with Gasteiger partial charge in [-0.1, -0.05) is 11.6 Å². The Bertz CT molecular complexity index is 513. The van der Waals surface area contributed by atoms with Crippen LogP contribution in [-0.4, -0.2) is 7.11 Å². The third-order valence-corrected chi connectivity index (χ3v) is 3.63. The zero-order valence-electron chi connectivity index (χ0n) is 9.37. The Labute approximate surface area is 109 Å². The molecule has 0 radical (unpaired) electrons. The Kier molecular flexibility index (Phi) is 3.76. The number of benzene rings is 1. The normalized spacial score (nSPS) is 10.2. The molecular weight excluding hydrogens is 256 g/mol. The van der Waals surface area contributed by atoms with Gasteiger partial charge in [-0.15, -0.1) is 11.3 Å². The van der Waals surface area contributed by atoms with Crippen molar-refractivity contribution in [2.75, 3.05) is 18.2 Å². The molecule has 0 amide bonds. The van der Waals surface area contributed by atoms with E-state index in [4.69, 9.17) is 22.1 Å². The number of hydrogen-bond donors (Lipinski definition) is 2. The first-order valence-corrected chi connectivity index (χ1v) is 6.35. The van der Waals surface area contributed by atoms with Gasteiger partial charge in [0, 0.05) is 22.3 Å². The Balaban J connectivity index is 2.07. The largest absolute Gasteiger partial charge is 0.495 e. The van der Waals surface area contributed by atoms with Crippen molar-refractivity contribution in [2.24, 2.45) is 0 Å². The molecule has 90 valence electrons. The van der Waals surface area contributed by atoms with E-state index in [-0.39, 0.29) is 0 Å². The van der Waals surface area contributed by atoms with Crippen molar-refractivity contribution in [3.05, 3.63) is 39.5 Å². The molecule has 3 nitrogen and oxygen atoms in total. The standard InChI is InChI=1S/C12H13ClN2OS/c1-16-11-6-8(2-3-9(11)13)15-7-12-10(14)4-5-17-12/h2-6,15H,7,14H2,1H3. The van der Waals surface area contributed by atoms with Crippen LogP contribution in [0.3, 0.4) is 0 Å². The van der Waals surface area contributed by atoms with Gasteiger partial charge in [0.2, 0.25) is 0 Å². The minimum absolute atomic E-state index is 0.605. The molecular formula is C12H13ClN2OS. The lowest BCUT2D eigenvalue weighted by atomic mass is 10.3. The number of nitrogen functional groups attached to an aromatic ring is 1. The van der Waals surface area contributed by atoms with Crippen LogP contribution in [0.15, 0.2) is 29.6 Å². The lowest BCUT2D eigenvalue weighted by Crippen LogP contribution is -2.00. The Hall–Kier alpha value is -1.39. The van der Waals surface area contributed by atoms with Gasteiger partial charge in [-0.2, -0.15) is 0 Å². The van der Waals surface area contributed by atoms with Crippen LogP contribution < -0.4 is 15.8 Å². The monoisotopic (exact) mass is 268 g/mol. The number of thiophene rings is 1. The summed E-state index contributed by atoms with van der Waals surface area (Å²) in [5.41, 5.74) is 7.59. The van der Waals surface area contributed by atoms with Crippen LogP contribution in [0.5, 0.6) is 5.75 Å². The fraction of sp³-hybridized carbons (Fsp3) is 0.167. The molecule has 0 bridgehead atoms. The lowest BCUT2D eigenvalue weighted by Gasteiger charge is -2.08. The summed E-state index contributed by atoms with van der Waals surface area (Å²) in [5, 5.41) is 5.87. The van der Waals surface area contributed by atoms with Gasteiger partial charge in [-0.25, -0.2) is 0 Å². The number of nitrogens with one attached hydrogen (secondary N) is 1. The summed E-state index contributed by atoms with van der Waals surface area (Å²) >= 11 is 7.59. The summed E-state index contributed by atoms with van der Waals surface area (Å²) in [4.78, 5) is 1.12.